The maximum absolute atomic E-state index is 14.3. The summed E-state index contributed by atoms with van der Waals surface area (Å²) in [5.41, 5.74) is 4.06. The molecule has 0 spiro atoms. The number of nitrogen functional groups attached to an aromatic ring is 1. The molecular weight excluding hydrogens is 686 g/mol. The van der Waals surface area contributed by atoms with Gasteiger partial charge in [-0.2, -0.15) is 19.4 Å². The molecule has 0 aliphatic carbocycles. The summed E-state index contributed by atoms with van der Waals surface area (Å²) in [6, 6.07) is 6.97. The lowest BCUT2D eigenvalue weighted by Crippen LogP contribution is -2.46. The summed E-state index contributed by atoms with van der Waals surface area (Å²) in [6.07, 6.45) is 6.88. The Hall–Kier alpha value is -4.29. The van der Waals surface area contributed by atoms with Gasteiger partial charge in [-0.15, -0.1) is 6.42 Å². The van der Waals surface area contributed by atoms with E-state index in [1.165, 1.54) is 17.8 Å². The van der Waals surface area contributed by atoms with Crippen molar-refractivity contribution in [3.05, 3.63) is 42.7 Å². The Kier molecular flexibility index (Phi) is 13.8. The average molecular weight is 733 g/mol. The lowest BCUT2D eigenvalue weighted by atomic mass is 9.99. The highest BCUT2D eigenvalue weighted by atomic mass is 31.2. The van der Waals surface area contributed by atoms with Crippen molar-refractivity contribution >= 4 is 36.9 Å². The normalized spacial score (nSPS) is 20.5. The summed E-state index contributed by atoms with van der Waals surface area (Å²) in [7, 11) is -4.45. The van der Waals surface area contributed by atoms with E-state index in [2.05, 4.69) is 26.0 Å². The molecule has 1 aliphatic rings. The zero-order valence-corrected chi connectivity index (χ0v) is 30.3. The van der Waals surface area contributed by atoms with Gasteiger partial charge in [0, 0.05) is 6.42 Å². The highest BCUT2D eigenvalue weighted by Crippen LogP contribution is 2.48. The molecule has 0 radical (unpaired) electrons. The predicted molar refractivity (Wildman–Crippen MR) is 185 cm³/mol. The molecular formula is C34H46FN6O9P. The summed E-state index contributed by atoms with van der Waals surface area (Å²) in [5.74, 6) is 1.77. The Labute approximate surface area is 296 Å². The molecule has 0 bridgehead atoms. The van der Waals surface area contributed by atoms with Crippen LogP contribution in [0, 0.1) is 18.4 Å². The van der Waals surface area contributed by atoms with Crippen LogP contribution in [0.5, 0.6) is 5.75 Å². The number of hydrogen-bond acceptors (Lipinski definition) is 13. The second-order valence-electron chi connectivity index (χ2n) is 12.4. The number of para-hydroxylation sites is 1. The van der Waals surface area contributed by atoms with Gasteiger partial charge in [-0.05, 0) is 45.7 Å². The number of nitrogens with two attached hydrogens (primary N) is 1. The number of halogens is 1. The number of nitrogens with one attached hydrogen (secondary N) is 1. The molecule has 5 atom stereocenters. The van der Waals surface area contributed by atoms with Gasteiger partial charge < -0.3 is 29.2 Å². The highest BCUT2D eigenvalue weighted by Gasteiger charge is 2.53. The average Bonchev–Trinajstić information content (AvgIpc) is 3.67. The molecule has 15 nitrogen and oxygen atoms in total. The van der Waals surface area contributed by atoms with Gasteiger partial charge in [-0.25, -0.2) is 14.3 Å². The number of carbonyl (C=O) groups is 2. The molecule has 3 N–H and O–H groups in total. The zero-order chi connectivity index (χ0) is 37.2. The third-order valence-electron chi connectivity index (χ3n) is 7.99. The largest absolute Gasteiger partial charge is 0.508 e. The van der Waals surface area contributed by atoms with Crippen molar-refractivity contribution in [1.29, 1.82) is 0 Å². The third-order valence-corrected chi connectivity index (χ3v) is 9.62. The molecule has 1 fully saturated rings. The molecule has 1 saturated heterocycles. The van der Waals surface area contributed by atoms with Crippen molar-refractivity contribution in [2.24, 2.45) is 0 Å². The van der Waals surface area contributed by atoms with E-state index >= 15 is 0 Å². The predicted octanol–water partition coefficient (Wildman–Crippen LogP) is 6.24. The van der Waals surface area contributed by atoms with E-state index < -0.39 is 62.6 Å². The van der Waals surface area contributed by atoms with Crippen molar-refractivity contribution in [3.8, 4) is 18.1 Å². The minimum absolute atomic E-state index is 0.00324. The van der Waals surface area contributed by atoms with Crippen LogP contribution in [-0.4, -0.2) is 68.2 Å². The van der Waals surface area contributed by atoms with Crippen LogP contribution in [0.15, 0.2) is 36.7 Å². The number of hydrogen-bond donors (Lipinski definition) is 2. The molecule has 3 heterocycles. The number of ether oxygens (including phenoxy) is 4. The number of imidazole rings is 1. The number of terminal acetylenes is 1. The fourth-order valence-electron chi connectivity index (χ4n) is 5.39. The first-order valence-electron chi connectivity index (χ1n) is 17.0. The molecule has 0 unspecified atom stereocenters. The first-order chi connectivity index (χ1) is 24.3. The Bertz CT molecular complexity index is 1710. The number of carbonyl (C=O) groups excluding carboxylic acids is 2. The van der Waals surface area contributed by atoms with Crippen molar-refractivity contribution < 1.29 is 46.5 Å². The molecule has 51 heavy (non-hydrogen) atoms. The summed E-state index contributed by atoms with van der Waals surface area (Å²) in [5, 5.41) is 2.60. The van der Waals surface area contributed by atoms with Gasteiger partial charge in [-0.3, -0.25) is 13.9 Å². The fraction of sp³-hybridized carbons (Fsp3) is 0.559. The van der Waals surface area contributed by atoms with Crippen molar-refractivity contribution in [2.75, 3.05) is 12.3 Å². The van der Waals surface area contributed by atoms with Gasteiger partial charge in [-0.1, -0.05) is 63.7 Å². The number of fused-ring (bicyclic) bond motifs is 1. The van der Waals surface area contributed by atoms with Crippen molar-refractivity contribution in [2.45, 2.75) is 116 Å². The third kappa shape index (κ3) is 10.4. The zero-order valence-electron chi connectivity index (χ0n) is 29.5. The van der Waals surface area contributed by atoms with Crippen LogP contribution in [0.3, 0.4) is 0 Å². The molecule has 3 aromatic rings. The summed E-state index contributed by atoms with van der Waals surface area (Å²) >= 11 is 0. The van der Waals surface area contributed by atoms with Crippen LogP contribution in [0.25, 0.3) is 11.2 Å². The number of rotatable bonds is 18. The SMILES string of the molecule is C#C[C@]1(CO[P@@](=O)(N[C@@H](C)C(=O)OC(C)C)Oc2ccccc2)O[C@@H](n2cnc3c(N)nc(F)nc32)C[C@@H]1OC(=O)OC(CCCC)CCCC. The highest BCUT2D eigenvalue weighted by molar-refractivity contribution is 7.52. The monoisotopic (exact) mass is 732 g/mol. The van der Waals surface area contributed by atoms with Crippen LogP contribution in [0.1, 0.15) is 85.8 Å². The van der Waals surface area contributed by atoms with E-state index in [1.807, 2.05) is 13.8 Å². The first-order valence-corrected chi connectivity index (χ1v) is 18.5. The number of esters is 1. The molecule has 2 aromatic heterocycles. The van der Waals surface area contributed by atoms with E-state index in [-0.39, 0.29) is 35.3 Å². The van der Waals surface area contributed by atoms with Crippen LogP contribution >= 0.6 is 7.75 Å². The number of anilines is 1. The Morgan fingerprint density at radius 2 is 1.84 bits per heavy atom. The van der Waals surface area contributed by atoms with Gasteiger partial charge in [0.25, 0.3) is 0 Å². The molecule has 0 amide bonds. The molecule has 278 valence electrons. The second-order valence-corrected chi connectivity index (χ2v) is 14.1. The Morgan fingerprint density at radius 1 is 1.16 bits per heavy atom. The van der Waals surface area contributed by atoms with Crippen LogP contribution < -0.4 is 15.3 Å². The van der Waals surface area contributed by atoms with Crippen LogP contribution in [-0.2, 0) is 32.8 Å². The van der Waals surface area contributed by atoms with Crippen molar-refractivity contribution in [1.82, 2.24) is 24.6 Å². The summed E-state index contributed by atoms with van der Waals surface area (Å²) in [4.78, 5) is 37.5. The van der Waals surface area contributed by atoms with E-state index in [0.717, 1.165) is 25.7 Å². The van der Waals surface area contributed by atoms with Crippen molar-refractivity contribution in [3.63, 3.8) is 0 Å². The standard InChI is InChI=1S/C34H46FN6O9P/c1-7-10-15-24(16-11-8-2)47-33(43)48-26-19-27(41-21-37-28-29(36)38-32(35)39-30(28)41)49-34(26,9-3)20-45-51(44,50-25-17-13-12-14-18-25)40-23(6)31(42)46-22(4)5/h3,12-14,17-18,21-24,26-27H,7-8,10-11,15-16,19-20H2,1-2,4-6H3,(H,40,44)(H2,36,38,39)/t23-,26-,27+,34+,51-/m0/s1. The maximum atomic E-state index is 14.3. The Balaban J connectivity index is 1.66. The number of benzene rings is 1. The maximum Gasteiger partial charge on any atom is 0.508 e. The second kappa shape index (κ2) is 17.8. The number of nitrogens with zero attached hydrogens (tertiary/aromatic N) is 4. The minimum atomic E-state index is -4.45. The molecule has 4 rings (SSSR count). The number of aromatic nitrogens is 4. The lowest BCUT2D eigenvalue weighted by molar-refractivity contribution is -0.149. The summed E-state index contributed by atoms with van der Waals surface area (Å²) in [6.45, 7) is 8.18. The van der Waals surface area contributed by atoms with E-state index in [1.54, 1.807) is 44.2 Å². The van der Waals surface area contributed by atoms with E-state index in [9.17, 15) is 18.5 Å². The number of unbranched alkanes of at least 4 members (excludes halogenated alkanes) is 2. The van der Waals surface area contributed by atoms with Gasteiger partial charge in [0.1, 0.15) is 30.7 Å². The smallest absolute Gasteiger partial charge is 0.462 e. The quantitative estimate of drug-likeness (QED) is 0.0647. The molecule has 0 saturated carbocycles. The molecule has 1 aromatic carbocycles. The lowest BCUT2D eigenvalue weighted by Gasteiger charge is -2.31. The van der Waals surface area contributed by atoms with Gasteiger partial charge in [0.15, 0.2) is 28.7 Å². The van der Waals surface area contributed by atoms with E-state index in [4.69, 9.17) is 40.2 Å². The van der Waals surface area contributed by atoms with Crippen LogP contribution in [0.4, 0.5) is 15.0 Å². The molecule has 17 heteroatoms. The van der Waals surface area contributed by atoms with Gasteiger partial charge >= 0.3 is 25.9 Å². The molecule has 1 aliphatic heterocycles. The summed E-state index contributed by atoms with van der Waals surface area (Å²) < 4.78 is 64.8. The van der Waals surface area contributed by atoms with Crippen LogP contribution in [0.2, 0.25) is 0 Å². The first kappa shape index (κ1) is 39.5. The topological polar surface area (TPSA) is 188 Å². The minimum Gasteiger partial charge on any atom is -0.462 e. The fourth-order valence-corrected chi connectivity index (χ4v) is 6.91. The van der Waals surface area contributed by atoms with Gasteiger partial charge in [0.2, 0.25) is 0 Å². The Morgan fingerprint density at radius 3 is 2.47 bits per heavy atom. The van der Waals surface area contributed by atoms with E-state index in [0.29, 0.717) is 12.8 Å². The van der Waals surface area contributed by atoms with Gasteiger partial charge in [0.05, 0.1) is 12.4 Å².